The molecule has 0 unspecified atom stereocenters. The van der Waals surface area contributed by atoms with Crippen LogP contribution in [-0.2, 0) is 7.05 Å². The summed E-state index contributed by atoms with van der Waals surface area (Å²) in [6, 6.07) is 18.9. The Bertz CT molecular complexity index is 1450. The summed E-state index contributed by atoms with van der Waals surface area (Å²) in [6.45, 7) is 4.12. The number of imidazole rings is 1. The van der Waals surface area contributed by atoms with E-state index in [0.717, 1.165) is 61.9 Å². The van der Waals surface area contributed by atoms with Gasteiger partial charge in [-0.1, -0.05) is 18.2 Å². The quantitative estimate of drug-likeness (QED) is 0.350. The number of nitrogens with zero attached hydrogens (tertiary/aromatic N) is 4. The summed E-state index contributed by atoms with van der Waals surface area (Å²) in [5.41, 5.74) is 6.65. The van der Waals surface area contributed by atoms with E-state index in [1.54, 1.807) is 0 Å². The van der Waals surface area contributed by atoms with E-state index in [4.69, 9.17) is 0 Å². The van der Waals surface area contributed by atoms with Gasteiger partial charge in [-0.15, -0.1) is 0 Å². The maximum absolute atomic E-state index is 4.62. The molecule has 0 atom stereocenters. The largest absolute Gasteiger partial charge is 0.373 e. The van der Waals surface area contributed by atoms with Gasteiger partial charge in [0, 0.05) is 48.7 Å². The summed E-state index contributed by atoms with van der Waals surface area (Å²) >= 11 is 0. The van der Waals surface area contributed by atoms with E-state index in [0.29, 0.717) is 0 Å². The first-order valence-corrected chi connectivity index (χ1v) is 10.9. The molecule has 6 heteroatoms. The highest BCUT2D eigenvalue weighted by Crippen LogP contribution is 2.29. The second-order valence-corrected chi connectivity index (χ2v) is 8.22. The van der Waals surface area contributed by atoms with Gasteiger partial charge in [0.15, 0.2) is 0 Å². The molecule has 0 aliphatic rings. The summed E-state index contributed by atoms with van der Waals surface area (Å²) in [5.74, 6) is 2.67. The first-order chi connectivity index (χ1) is 16.0. The maximum Gasteiger partial charge on any atom is 0.130 e. The van der Waals surface area contributed by atoms with E-state index in [2.05, 4.69) is 85.6 Å². The average Bonchev–Trinajstić information content (AvgIpc) is 3.18. The van der Waals surface area contributed by atoms with Crippen molar-refractivity contribution in [1.82, 2.24) is 19.5 Å². The molecule has 33 heavy (non-hydrogen) atoms. The molecule has 2 aromatic carbocycles. The molecule has 0 aliphatic carbocycles. The van der Waals surface area contributed by atoms with Gasteiger partial charge < -0.3 is 15.2 Å². The van der Waals surface area contributed by atoms with Crippen molar-refractivity contribution in [3.8, 4) is 22.4 Å². The second kappa shape index (κ2) is 8.39. The number of rotatable bonds is 5. The van der Waals surface area contributed by atoms with Gasteiger partial charge in [0.2, 0.25) is 0 Å². The molecular weight excluding hydrogens is 408 g/mol. The lowest BCUT2D eigenvalue weighted by Crippen LogP contribution is -1.98. The minimum Gasteiger partial charge on any atom is -0.373 e. The minimum atomic E-state index is 0.815. The number of aromatic nitrogens is 4. The Balaban J connectivity index is 1.43. The van der Waals surface area contributed by atoms with Crippen LogP contribution in [0.2, 0.25) is 0 Å². The predicted molar refractivity (Wildman–Crippen MR) is 136 cm³/mol. The molecule has 6 nitrogen and oxygen atoms in total. The third-order valence-corrected chi connectivity index (χ3v) is 6.08. The predicted octanol–water partition coefficient (Wildman–Crippen LogP) is 6.10. The molecule has 3 aromatic heterocycles. The minimum absolute atomic E-state index is 0.815. The molecule has 5 aromatic rings. The number of anilines is 3. The van der Waals surface area contributed by atoms with E-state index in [9.17, 15) is 0 Å². The number of aryl methyl sites for hydroxylation is 2. The van der Waals surface area contributed by atoms with Crippen LogP contribution < -0.4 is 10.6 Å². The number of hydrogen-bond acceptors (Lipinski definition) is 5. The lowest BCUT2D eigenvalue weighted by Gasteiger charge is -2.12. The summed E-state index contributed by atoms with van der Waals surface area (Å²) in [4.78, 5) is 13.5. The molecule has 5 rings (SSSR count). The van der Waals surface area contributed by atoms with E-state index in [1.807, 2.05) is 45.7 Å². The Kier molecular flexibility index (Phi) is 5.26. The molecular formula is C27H26N6. The fourth-order valence-electron chi connectivity index (χ4n) is 3.97. The summed E-state index contributed by atoms with van der Waals surface area (Å²) in [6.07, 6.45) is 5.72. The Hall–Kier alpha value is -4.19. The Morgan fingerprint density at radius 1 is 0.697 bits per heavy atom. The zero-order chi connectivity index (χ0) is 22.9. The lowest BCUT2D eigenvalue weighted by molar-refractivity contribution is 0.865. The van der Waals surface area contributed by atoms with Crippen LogP contribution in [0.15, 0.2) is 73.2 Å². The molecule has 0 spiro atoms. The molecule has 3 heterocycles. The molecule has 0 saturated carbocycles. The second-order valence-electron chi connectivity index (χ2n) is 8.22. The highest BCUT2D eigenvalue weighted by atomic mass is 15.1. The van der Waals surface area contributed by atoms with Crippen molar-refractivity contribution in [2.75, 3.05) is 17.7 Å². The number of benzene rings is 2. The smallest absolute Gasteiger partial charge is 0.130 e. The number of fused-ring (bicyclic) bond motifs is 1. The highest BCUT2D eigenvalue weighted by molar-refractivity contribution is 5.89. The van der Waals surface area contributed by atoms with Crippen LogP contribution in [-0.4, -0.2) is 26.6 Å². The standard InChI is InChI=1S/C27H26N6/c1-17-11-20(25-16-29-18(2)33(25)4)7-9-24(17)32-27-13-23-12-19(5-6-22(23)15-31-27)21-8-10-26(28-3)30-14-21/h5-16H,1-4H3,(H,28,30)(H,31,32). The molecule has 164 valence electrons. The van der Waals surface area contributed by atoms with Crippen LogP contribution in [0.25, 0.3) is 33.2 Å². The molecule has 2 N–H and O–H groups in total. The van der Waals surface area contributed by atoms with Crippen molar-refractivity contribution in [2.24, 2.45) is 7.05 Å². The molecule has 0 bridgehead atoms. The molecule has 0 radical (unpaired) electrons. The van der Waals surface area contributed by atoms with Crippen molar-refractivity contribution in [3.05, 3.63) is 84.6 Å². The van der Waals surface area contributed by atoms with Gasteiger partial charge in [0.25, 0.3) is 0 Å². The first-order valence-electron chi connectivity index (χ1n) is 10.9. The highest BCUT2D eigenvalue weighted by Gasteiger charge is 2.09. The Labute approximate surface area is 193 Å². The lowest BCUT2D eigenvalue weighted by atomic mass is 10.0. The van der Waals surface area contributed by atoms with Crippen molar-refractivity contribution in [3.63, 3.8) is 0 Å². The van der Waals surface area contributed by atoms with Crippen LogP contribution in [0.3, 0.4) is 0 Å². The monoisotopic (exact) mass is 434 g/mol. The van der Waals surface area contributed by atoms with Crippen molar-refractivity contribution in [1.29, 1.82) is 0 Å². The topological polar surface area (TPSA) is 67.7 Å². The molecule has 0 amide bonds. The molecule has 0 fully saturated rings. The van der Waals surface area contributed by atoms with Crippen LogP contribution in [0.4, 0.5) is 17.3 Å². The zero-order valence-electron chi connectivity index (χ0n) is 19.2. The zero-order valence-corrected chi connectivity index (χ0v) is 19.2. The Morgan fingerprint density at radius 3 is 2.18 bits per heavy atom. The molecule has 0 aliphatic heterocycles. The van der Waals surface area contributed by atoms with Gasteiger partial charge >= 0.3 is 0 Å². The average molecular weight is 435 g/mol. The fraction of sp³-hybridized carbons (Fsp3) is 0.148. The van der Waals surface area contributed by atoms with E-state index in [1.165, 1.54) is 0 Å². The number of nitrogens with one attached hydrogen (secondary N) is 2. The van der Waals surface area contributed by atoms with Gasteiger partial charge in [-0.2, -0.15) is 0 Å². The molecule has 0 saturated heterocycles. The van der Waals surface area contributed by atoms with Crippen LogP contribution in [0.1, 0.15) is 11.4 Å². The van der Waals surface area contributed by atoms with Gasteiger partial charge in [-0.3, -0.25) is 0 Å². The van der Waals surface area contributed by atoms with Crippen molar-refractivity contribution < 1.29 is 0 Å². The van der Waals surface area contributed by atoms with Gasteiger partial charge in [-0.05, 0) is 66.8 Å². The van der Waals surface area contributed by atoms with E-state index >= 15 is 0 Å². The number of hydrogen-bond donors (Lipinski definition) is 2. The van der Waals surface area contributed by atoms with Gasteiger partial charge in [0.05, 0.1) is 11.9 Å². The first kappa shape index (κ1) is 20.7. The van der Waals surface area contributed by atoms with E-state index in [-0.39, 0.29) is 0 Å². The Morgan fingerprint density at radius 2 is 1.48 bits per heavy atom. The van der Waals surface area contributed by atoms with Gasteiger partial charge in [-0.25, -0.2) is 15.0 Å². The van der Waals surface area contributed by atoms with E-state index < -0.39 is 0 Å². The number of pyridine rings is 2. The summed E-state index contributed by atoms with van der Waals surface area (Å²) in [7, 11) is 3.91. The van der Waals surface area contributed by atoms with Crippen molar-refractivity contribution in [2.45, 2.75) is 13.8 Å². The fourth-order valence-corrected chi connectivity index (χ4v) is 3.97. The summed E-state index contributed by atoms with van der Waals surface area (Å²) in [5, 5.41) is 8.76. The third kappa shape index (κ3) is 4.03. The van der Waals surface area contributed by atoms with Gasteiger partial charge in [0.1, 0.15) is 17.5 Å². The maximum atomic E-state index is 4.62. The van der Waals surface area contributed by atoms with Crippen LogP contribution >= 0.6 is 0 Å². The SMILES string of the molecule is CNc1ccc(-c2ccc3cnc(Nc4ccc(-c5cnc(C)n5C)cc4C)cc3c2)cn1. The summed E-state index contributed by atoms with van der Waals surface area (Å²) < 4.78 is 2.10. The van der Waals surface area contributed by atoms with Crippen LogP contribution in [0.5, 0.6) is 0 Å². The third-order valence-electron chi connectivity index (χ3n) is 6.08. The normalized spacial score (nSPS) is 11.0. The van der Waals surface area contributed by atoms with Crippen molar-refractivity contribution >= 4 is 28.1 Å². The van der Waals surface area contributed by atoms with Crippen LogP contribution in [0, 0.1) is 13.8 Å².